The predicted molar refractivity (Wildman–Crippen MR) is 82.7 cm³/mol. The zero-order chi connectivity index (χ0) is 15.9. The van der Waals surface area contributed by atoms with Crippen LogP contribution in [0.1, 0.15) is 40.1 Å². The Kier molecular flexibility index (Phi) is 3.07. The largest absolute Gasteiger partial charge is 0.268 e. The fraction of sp³-hybridized carbons (Fsp3) is 0.167. The molecule has 2 aromatic rings. The second kappa shape index (κ2) is 4.81. The van der Waals surface area contributed by atoms with Crippen molar-refractivity contribution in [1.82, 2.24) is 0 Å². The first-order valence-electron chi connectivity index (χ1n) is 6.95. The van der Waals surface area contributed by atoms with E-state index < -0.39 is 5.41 Å². The van der Waals surface area contributed by atoms with Gasteiger partial charge in [0.2, 0.25) is 0 Å². The lowest BCUT2D eigenvalue weighted by Crippen LogP contribution is -2.29. The van der Waals surface area contributed by atoms with Gasteiger partial charge in [-0.2, -0.15) is 5.26 Å². The molecule has 0 aromatic heterocycles. The smallest absolute Gasteiger partial charge is 0.266 e. The van der Waals surface area contributed by atoms with Gasteiger partial charge in [0.25, 0.3) is 11.8 Å². The number of anilines is 1. The quantitative estimate of drug-likeness (QED) is 0.797. The van der Waals surface area contributed by atoms with E-state index in [1.807, 2.05) is 6.07 Å². The Morgan fingerprint density at radius 1 is 0.955 bits per heavy atom. The molecule has 0 unspecified atom stereocenters. The molecule has 1 aliphatic rings. The van der Waals surface area contributed by atoms with Crippen molar-refractivity contribution >= 4 is 17.5 Å². The van der Waals surface area contributed by atoms with Crippen LogP contribution in [0.15, 0.2) is 48.5 Å². The molecule has 22 heavy (non-hydrogen) atoms. The van der Waals surface area contributed by atoms with Crippen molar-refractivity contribution < 1.29 is 9.59 Å². The number of nitrogens with zero attached hydrogens (tertiary/aromatic N) is 2. The topological polar surface area (TPSA) is 61.2 Å². The molecule has 0 bridgehead atoms. The maximum atomic E-state index is 12.5. The zero-order valence-electron chi connectivity index (χ0n) is 12.3. The summed E-state index contributed by atoms with van der Waals surface area (Å²) < 4.78 is 0. The number of benzene rings is 2. The Morgan fingerprint density at radius 2 is 1.55 bits per heavy atom. The van der Waals surface area contributed by atoms with Crippen molar-refractivity contribution in [3.63, 3.8) is 0 Å². The molecule has 2 amide bonds. The highest BCUT2D eigenvalue weighted by Gasteiger charge is 2.36. The van der Waals surface area contributed by atoms with E-state index in [2.05, 4.69) is 6.07 Å². The Hall–Kier alpha value is -2.93. The van der Waals surface area contributed by atoms with E-state index in [4.69, 9.17) is 0 Å². The number of hydrogen-bond donors (Lipinski definition) is 0. The Labute approximate surface area is 128 Å². The number of carbonyl (C=O) groups excluding carboxylic acids is 2. The van der Waals surface area contributed by atoms with Crippen LogP contribution in [0.3, 0.4) is 0 Å². The first-order chi connectivity index (χ1) is 10.5. The second-order valence-electron chi connectivity index (χ2n) is 5.78. The summed E-state index contributed by atoms with van der Waals surface area (Å²) in [5.41, 5.74) is 1.40. The predicted octanol–water partition coefficient (Wildman–Crippen LogP) is 3.29. The minimum atomic E-state index is -0.686. The fourth-order valence-electron chi connectivity index (χ4n) is 2.52. The molecule has 2 aromatic carbocycles. The van der Waals surface area contributed by atoms with Crippen LogP contribution in [0.4, 0.5) is 5.69 Å². The maximum absolute atomic E-state index is 12.5. The van der Waals surface area contributed by atoms with Crippen LogP contribution in [0, 0.1) is 11.3 Å². The molecule has 0 radical (unpaired) electrons. The molecule has 3 rings (SSSR count). The van der Waals surface area contributed by atoms with Crippen molar-refractivity contribution in [1.29, 1.82) is 5.26 Å². The minimum absolute atomic E-state index is 0.326. The molecule has 0 spiro atoms. The number of fused-ring (bicyclic) bond motifs is 1. The molecule has 1 aliphatic heterocycles. The van der Waals surface area contributed by atoms with Crippen LogP contribution in [-0.2, 0) is 5.41 Å². The highest BCUT2D eigenvalue weighted by molar-refractivity contribution is 6.34. The molecule has 0 saturated carbocycles. The van der Waals surface area contributed by atoms with Crippen LogP contribution in [0.5, 0.6) is 0 Å². The number of hydrogen-bond acceptors (Lipinski definition) is 3. The van der Waals surface area contributed by atoms with Crippen molar-refractivity contribution in [3.05, 3.63) is 65.2 Å². The van der Waals surface area contributed by atoms with Crippen molar-refractivity contribution in [2.75, 3.05) is 4.90 Å². The van der Waals surface area contributed by atoms with E-state index in [-0.39, 0.29) is 11.8 Å². The average molecular weight is 290 g/mol. The standard InChI is InChI=1S/C18H14N2O2/c1-18(2,11-19)12-6-5-7-13(10-12)20-16(21)14-8-3-4-9-15(14)17(20)22/h3-10H,1-2H3. The van der Waals surface area contributed by atoms with Crippen LogP contribution in [0.25, 0.3) is 0 Å². The molecule has 0 fully saturated rings. The van der Waals surface area contributed by atoms with E-state index in [1.165, 1.54) is 4.90 Å². The Bertz CT molecular complexity index is 796. The van der Waals surface area contributed by atoms with Gasteiger partial charge in [-0.1, -0.05) is 24.3 Å². The summed E-state index contributed by atoms with van der Waals surface area (Å²) >= 11 is 0. The van der Waals surface area contributed by atoms with E-state index >= 15 is 0 Å². The number of imide groups is 1. The van der Waals surface area contributed by atoms with Crippen LogP contribution in [0.2, 0.25) is 0 Å². The van der Waals surface area contributed by atoms with Gasteiger partial charge in [-0.3, -0.25) is 9.59 Å². The Morgan fingerprint density at radius 3 is 2.09 bits per heavy atom. The molecule has 108 valence electrons. The SMILES string of the molecule is CC(C)(C#N)c1cccc(N2C(=O)c3ccccc3C2=O)c1. The molecule has 4 heteroatoms. The van der Waals surface area contributed by atoms with E-state index in [9.17, 15) is 14.9 Å². The summed E-state index contributed by atoms with van der Waals surface area (Å²) in [7, 11) is 0. The van der Waals surface area contributed by atoms with Crippen LogP contribution in [-0.4, -0.2) is 11.8 Å². The zero-order valence-corrected chi connectivity index (χ0v) is 12.3. The molecule has 0 atom stereocenters. The molecule has 0 saturated heterocycles. The van der Waals surface area contributed by atoms with Gasteiger partial charge in [-0.25, -0.2) is 4.90 Å². The summed E-state index contributed by atoms with van der Waals surface area (Å²) in [6.45, 7) is 3.60. The molecule has 0 N–H and O–H groups in total. The number of amides is 2. The first-order valence-corrected chi connectivity index (χ1v) is 6.95. The summed E-state index contributed by atoms with van der Waals surface area (Å²) in [6.07, 6.45) is 0. The number of nitriles is 1. The molecular weight excluding hydrogens is 276 g/mol. The monoisotopic (exact) mass is 290 g/mol. The average Bonchev–Trinajstić information content (AvgIpc) is 2.79. The lowest BCUT2D eigenvalue weighted by Gasteiger charge is -2.19. The van der Waals surface area contributed by atoms with Crippen molar-refractivity contribution in [2.45, 2.75) is 19.3 Å². The van der Waals surface area contributed by atoms with Crippen LogP contribution < -0.4 is 4.90 Å². The van der Waals surface area contributed by atoms with Crippen molar-refractivity contribution in [3.8, 4) is 6.07 Å². The third-order valence-electron chi connectivity index (χ3n) is 3.90. The van der Waals surface area contributed by atoms with Gasteiger partial charge in [0.15, 0.2) is 0 Å². The summed E-state index contributed by atoms with van der Waals surface area (Å²) in [6, 6.07) is 16.0. The first kappa shape index (κ1) is 14.0. The Balaban J connectivity index is 2.08. The summed E-state index contributed by atoms with van der Waals surface area (Å²) in [4.78, 5) is 26.1. The van der Waals surface area contributed by atoms with Gasteiger partial charge in [-0.05, 0) is 43.7 Å². The number of carbonyl (C=O) groups is 2. The van der Waals surface area contributed by atoms with Gasteiger partial charge < -0.3 is 0 Å². The summed E-state index contributed by atoms with van der Waals surface area (Å²) in [5.74, 6) is -0.653. The highest BCUT2D eigenvalue weighted by atomic mass is 16.2. The third-order valence-corrected chi connectivity index (χ3v) is 3.90. The van der Waals surface area contributed by atoms with E-state index in [0.29, 0.717) is 16.8 Å². The van der Waals surface area contributed by atoms with Gasteiger partial charge in [0, 0.05) is 0 Å². The van der Waals surface area contributed by atoms with E-state index in [0.717, 1.165) is 5.56 Å². The molecule has 1 heterocycles. The highest BCUT2D eigenvalue weighted by Crippen LogP contribution is 2.31. The molecule has 4 nitrogen and oxygen atoms in total. The lowest BCUT2D eigenvalue weighted by atomic mass is 9.86. The minimum Gasteiger partial charge on any atom is -0.268 e. The second-order valence-corrected chi connectivity index (χ2v) is 5.78. The van der Waals surface area contributed by atoms with Gasteiger partial charge in [0.05, 0.1) is 28.3 Å². The van der Waals surface area contributed by atoms with E-state index in [1.54, 1.807) is 56.3 Å². The lowest BCUT2D eigenvalue weighted by molar-refractivity contribution is 0.0926. The normalized spacial score (nSPS) is 14.0. The molecular formula is C18H14N2O2. The van der Waals surface area contributed by atoms with Gasteiger partial charge in [0.1, 0.15) is 0 Å². The van der Waals surface area contributed by atoms with Gasteiger partial charge >= 0.3 is 0 Å². The third kappa shape index (κ3) is 1.99. The summed E-state index contributed by atoms with van der Waals surface area (Å²) in [5, 5.41) is 9.25. The maximum Gasteiger partial charge on any atom is 0.266 e. The molecule has 0 aliphatic carbocycles. The van der Waals surface area contributed by atoms with Crippen LogP contribution >= 0.6 is 0 Å². The number of rotatable bonds is 2. The fourth-order valence-corrected chi connectivity index (χ4v) is 2.52. The van der Waals surface area contributed by atoms with Crippen molar-refractivity contribution in [2.24, 2.45) is 0 Å². The van der Waals surface area contributed by atoms with Gasteiger partial charge in [-0.15, -0.1) is 0 Å².